The fraction of sp³-hybridized carbons (Fsp3) is 0.933. The van der Waals surface area contributed by atoms with Gasteiger partial charge in [-0.05, 0) is 51.6 Å². The van der Waals surface area contributed by atoms with Gasteiger partial charge in [0.25, 0.3) is 0 Å². The zero-order chi connectivity index (χ0) is 11.7. The number of likely N-dealkylation sites (tertiary alicyclic amines) is 1. The average molecular weight is 235 g/mol. The molecule has 3 aliphatic rings. The predicted molar refractivity (Wildman–Crippen MR) is 69.0 cm³/mol. The van der Waals surface area contributed by atoms with Crippen molar-refractivity contribution in [3.8, 4) is 0 Å². The molecule has 0 spiro atoms. The second kappa shape index (κ2) is 4.72. The zero-order valence-corrected chi connectivity index (χ0v) is 10.9. The summed E-state index contributed by atoms with van der Waals surface area (Å²) in [6.45, 7) is 2.36. The second-order valence-corrected chi connectivity index (χ2v) is 6.28. The molecule has 1 saturated heterocycles. The van der Waals surface area contributed by atoms with Gasteiger partial charge in [0.2, 0.25) is 0 Å². The van der Waals surface area contributed by atoms with Crippen molar-refractivity contribution >= 4 is 5.78 Å². The van der Waals surface area contributed by atoms with E-state index in [-0.39, 0.29) is 5.54 Å². The molecule has 2 nitrogen and oxygen atoms in total. The number of hydrogen-bond acceptors (Lipinski definition) is 2. The summed E-state index contributed by atoms with van der Waals surface area (Å²) < 4.78 is 0. The summed E-state index contributed by atoms with van der Waals surface area (Å²) in [6, 6.07) is 0. The molecule has 0 amide bonds. The Bertz CT molecular complexity index is 281. The Morgan fingerprint density at radius 2 is 1.47 bits per heavy atom. The molecule has 0 unspecified atom stereocenters. The van der Waals surface area contributed by atoms with Crippen LogP contribution in [0.25, 0.3) is 0 Å². The number of hydrogen-bond donors (Lipinski definition) is 0. The number of nitrogens with zero attached hydrogens (tertiary/aromatic N) is 1. The lowest BCUT2D eigenvalue weighted by Gasteiger charge is -2.39. The van der Waals surface area contributed by atoms with Gasteiger partial charge >= 0.3 is 0 Å². The highest BCUT2D eigenvalue weighted by atomic mass is 16.1. The maximum atomic E-state index is 12.9. The molecule has 0 radical (unpaired) electrons. The molecular formula is C15H25NO. The Kier molecular flexibility index (Phi) is 3.25. The van der Waals surface area contributed by atoms with Crippen molar-refractivity contribution in [2.24, 2.45) is 5.92 Å². The Morgan fingerprint density at radius 3 is 2.06 bits per heavy atom. The number of carbonyl (C=O) groups is 1. The van der Waals surface area contributed by atoms with Crippen LogP contribution in [0.3, 0.4) is 0 Å². The second-order valence-electron chi connectivity index (χ2n) is 6.28. The third kappa shape index (κ3) is 1.95. The van der Waals surface area contributed by atoms with Crippen molar-refractivity contribution in [2.45, 2.75) is 69.7 Å². The van der Waals surface area contributed by atoms with Gasteiger partial charge in [-0.1, -0.05) is 25.7 Å². The summed E-state index contributed by atoms with van der Waals surface area (Å²) in [5.74, 6) is 1.04. The summed E-state index contributed by atoms with van der Waals surface area (Å²) in [6.07, 6.45) is 12.4. The molecule has 2 heteroatoms. The predicted octanol–water partition coefficient (Wildman–Crippen LogP) is 3.15. The van der Waals surface area contributed by atoms with E-state index in [9.17, 15) is 4.79 Å². The Hall–Kier alpha value is -0.370. The smallest absolute Gasteiger partial charge is 0.156 e. The van der Waals surface area contributed by atoms with Crippen LogP contribution in [0.15, 0.2) is 0 Å². The number of Topliss-reactive ketones (excluding diaryl/α,β-unsaturated/α-hetero) is 1. The molecule has 2 aliphatic carbocycles. The summed E-state index contributed by atoms with van der Waals surface area (Å²) in [5, 5.41) is 0. The van der Waals surface area contributed by atoms with E-state index in [1.165, 1.54) is 64.5 Å². The lowest BCUT2D eigenvalue weighted by atomic mass is 9.82. The van der Waals surface area contributed by atoms with Crippen LogP contribution in [0.2, 0.25) is 0 Å². The van der Waals surface area contributed by atoms with E-state index in [0.29, 0.717) is 11.7 Å². The van der Waals surface area contributed by atoms with E-state index in [1.54, 1.807) is 0 Å². The van der Waals surface area contributed by atoms with Gasteiger partial charge < -0.3 is 0 Å². The molecule has 17 heavy (non-hydrogen) atoms. The minimum Gasteiger partial charge on any atom is -0.297 e. The van der Waals surface area contributed by atoms with Crippen molar-refractivity contribution in [3.05, 3.63) is 0 Å². The fourth-order valence-corrected chi connectivity index (χ4v) is 4.39. The van der Waals surface area contributed by atoms with Crippen LogP contribution in [-0.4, -0.2) is 29.3 Å². The topological polar surface area (TPSA) is 20.3 Å². The summed E-state index contributed by atoms with van der Waals surface area (Å²) in [7, 11) is 0. The van der Waals surface area contributed by atoms with Crippen LogP contribution in [-0.2, 0) is 4.79 Å². The SMILES string of the molecule is O=C(C1CCCC1)C1(N2CCCC2)CCCC1. The van der Waals surface area contributed by atoms with Gasteiger partial charge in [0.15, 0.2) is 5.78 Å². The molecule has 2 saturated carbocycles. The van der Waals surface area contributed by atoms with E-state index < -0.39 is 0 Å². The first-order chi connectivity index (χ1) is 8.33. The van der Waals surface area contributed by atoms with Crippen LogP contribution >= 0.6 is 0 Å². The number of carbonyl (C=O) groups excluding carboxylic acids is 1. The molecule has 0 N–H and O–H groups in total. The summed E-state index contributed by atoms with van der Waals surface area (Å²) >= 11 is 0. The number of ketones is 1. The van der Waals surface area contributed by atoms with Gasteiger partial charge in [-0.15, -0.1) is 0 Å². The first kappa shape index (κ1) is 11.7. The highest BCUT2D eigenvalue weighted by Crippen LogP contribution is 2.42. The quantitative estimate of drug-likeness (QED) is 0.749. The molecule has 0 aromatic heterocycles. The molecule has 0 bridgehead atoms. The summed E-state index contributed by atoms with van der Waals surface area (Å²) in [4.78, 5) is 15.5. The van der Waals surface area contributed by atoms with Crippen LogP contribution in [0, 0.1) is 5.92 Å². The van der Waals surface area contributed by atoms with Gasteiger partial charge in [-0.3, -0.25) is 9.69 Å². The largest absolute Gasteiger partial charge is 0.297 e. The minimum atomic E-state index is -0.00843. The third-order valence-corrected chi connectivity index (χ3v) is 5.33. The summed E-state index contributed by atoms with van der Waals surface area (Å²) in [5.41, 5.74) is -0.00843. The van der Waals surface area contributed by atoms with Crippen molar-refractivity contribution in [1.82, 2.24) is 4.90 Å². The van der Waals surface area contributed by atoms with Gasteiger partial charge in [0.05, 0.1) is 5.54 Å². The Balaban J connectivity index is 1.80. The Morgan fingerprint density at radius 1 is 0.882 bits per heavy atom. The zero-order valence-electron chi connectivity index (χ0n) is 10.9. The van der Waals surface area contributed by atoms with Crippen LogP contribution < -0.4 is 0 Å². The molecular weight excluding hydrogens is 210 g/mol. The first-order valence-corrected chi connectivity index (χ1v) is 7.62. The standard InChI is InChI=1S/C15H25NO/c17-14(13-7-1-2-8-13)15(9-3-4-10-15)16-11-5-6-12-16/h13H,1-12H2. The van der Waals surface area contributed by atoms with Crippen molar-refractivity contribution in [3.63, 3.8) is 0 Å². The lowest BCUT2D eigenvalue weighted by Crippen LogP contribution is -2.53. The average Bonchev–Trinajstić information content (AvgIpc) is 3.10. The van der Waals surface area contributed by atoms with Gasteiger partial charge in [-0.2, -0.15) is 0 Å². The van der Waals surface area contributed by atoms with E-state index >= 15 is 0 Å². The molecule has 0 aromatic rings. The highest BCUT2D eigenvalue weighted by molar-refractivity contribution is 5.91. The van der Waals surface area contributed by atoms with E-state index in [2.05, 4.69) is 4.90 Å². The van der Waals surface area contributed by atoms with Crippen molar-refractivity contribution in [1.29, 1.82) is 0 Å². The first-order valence-electron chi connectivity index (χ1n) is 7.62. The molecule has 1 heterocycles. The molecule has 3 fully saturated rings. The maximum absolute atomic E-state index is 12.9. The van der Waals surface area contributed by atoms with Crippen LogP contribution in [0.4, 0.5) is 0 Å². The Labute approximate surface area is 105 Å². The van der Waals surface area contributed by atoms with Gasteiger partial charge in [0.1, 0.15) is 0 Å². The fourth-order valence-electron chi connectivity index (χ4n) is 4.39. The van der Waals surface area contributed by atoms with E-state index in [0.717, 1.165) is 12.8 Å². The van der Waals surface area contributed by atoms with Crippen LogP contribution in [0.5, 0.6) is 0 Å². The maximum Gasteiger partial charge on any atom is 0.156 e. The molecule has 3 rings (SSSR count). The van der Waals surface area contributed by atoms with E-state index in [4.69, 9.17) is 0 Å². The molecule has 0 atom stereocenters. The highest BCUT2D eigenvalue weighted by Gasteiger charge is 2.48. The van der Waals surface area contributed by atoms with Crippen molar-refractivity contribution in [2.75, 3.05) is 13.1 Å². The number of rotatable bonds is 3. The van der Waals surface area contributed by atoms with E-state index in [1.807, 2.05) is 0 Å². The minimum absolute atomic E-state index is 0.00843. The lowest BCUT2D eigenvalue weighted by molar-refractivity contribution is -0.134. The van der Waals surface area contributed by atoms with Gasteiger partial charge in [-0.25, -0.2) is 0 Å². The monoisotopic (exact) mass is 235 g/mol. The third-order valence-electron chi connectivity index (χ3n) is 5.33. The molecule has 1 aliphatic heterocycles. The van der Waals surface area contributed by atoms with Gasteiger partial charge in [0, 0.05) is 5.92 Å². The molecule has 0 aromatic carbocycles. The normalized spacial score (nSPS) is 30.1. The molecule has 96 valence electrons. The van der Waals surface area contributed by atoms with Crippen LogP contribution in [0.1, 0.15) is 64.2 Å². The van der Waals surface area contributed by atoms with Crippen molar-refractivity contribution < 1.29 is 4.79 Å².